The molecule has 1 aliphatic rings. The van der Waals surface area contributed by atoms with Crippen LogP contribution in [0.25, 0.3) is 17.0 Å². The fourth-order valence-electron chi connectivity index (χ4n) is 3.74. The second-order valence-corrected chi connectivity index (χ2v) is 6.89. The molecule has 1 amide bonds. The quantitative estimate of drug-likeness (QED) is 0.562. The van der Waals surface area contributed by atoms with E-state index in [1.165, 1.54) is 12.5 Å². The van der Waals surface area contributed by atoms with Crippen molar-refractivity contribution in [2.45, 2.75) is 19.3 Å². The van der Waals surface area contributed by atoms with Crippen LogP contribution in [0.3, 0.4) is 0 Å². The number of nitrogens with zero attached hydrogens (tertiary/aromatic N) is 3. The molecule has 5 rings (SSSR count). The molecule has 0 aliphatic heterocycles. The summed E-state index contributed by atoms with van der Waals surface area (Å²) in [6, 6.07) is 13.8. The van der Waals surface area contributed by atoms with Crippen LogP contribution in [0.15, 0.2) is 65.5 Å². The molecular formula is C22H17FN4O2. The first-order chi connectivity index (χ1) is 14.2. The molecule has 7 heteroatoms. The molecule has 0 saturated heterocycles. The van der Waals surface area contributed by atoms with Crippen molar-refractivity contribution >= 4 is 11.6 Å². The first-order valence-electron chi connectivity index (χ1n) is 9.36. The van der Waals surface area contributed by atoms with Crippen molar-refractivity contribution in [3.63, 3.8) is 0 Å². The van der Waals surface area contributed by atoms with Crippen LogP contribution in [0, 0.1) is 5.82 Å². The number of para-hydroxylation sites is 1. The van der Waals surface area contributed by atoms with Crippen molar-refractivity contribution in [1.29, 1.82) is 0 Å². The Balaban J connectivity index is 1.48. The second kappa shape index (κ2) is 7.01. The van der Waals surface area contributed by atoms with Gasteiger partial charge >= 0.3 is 0 Å². The zero-order valence-corrected chi connectivity index (χ0v) is 15.4. The van der Waals surface area contributed by atoms with Gasteiger partial charge in [-0.2, -0.15) is 5.10 Å². The van der Waals surface area contributed by atoms with Crippen LogP contribution in [0.2, 0.25) is 0 Å². The van der Waals surface area contributed by atoms with Crippen molar-refractivity contribution in [2.24, 2.45) is 0 Å². The van der Waals surface area contributed by atoms with Gasteiger partial charge in [-0.25, -0.2) is 14.1 Å². The number of hydrogen-bond donors (Lipinski definition) is 1. The highest BCUT2D eigenvalue weighted by Gasteiger charge is 2.27. The summed E-state index contributed by atoms with van der Waals surface area (Å²) in [6.45, 7) is 0. The minimum atomic E-state index is -0.364. The van der Waals surface area contributed by atoms with Crippen LogP contribution < -0.4 is 5.32 Å². The molecule has 6 nitrogen and oxygen atoms in total. The van der Waals surface area contributed by atoms with Gasteiger partial charge in [-0.15, -0.1) is 0 Å². The largest absolute Gasteiger partial charge is 0.444 e. The van der Waals surface area contributed by atoms with Gasteiger partial charge in [0.15, 0.2) is 17.8 Å². The first-order valence-corrected chi connectivity index (χ1v) is 9.36. The van der Waals surface area contributed by atoms with Crippen molar-refractivity contribution in [1.82, 2.24) is 14.8 Å². The van der Waals surface area contributed by atoms with E-state index in [-0.39, 0.29) is 11.7 Å². The van der Waals surface area contributed by atoms with Crippen LogP contribution in [-0.2, 0) is 12.8 Å². The van der Waals surface area contributed by atoms with Crippen molar-refractivity contribution in [3.05, 3.63) is 83.9 Å². The van der Waals surface area contributed by atoms with Gasteiger partial charge in [0.05, 0.1) is 6.20 Å². The maximum Gasteiger partial charge on any atom is 0.276 e. The van der Waals surface area contributed by atoms with Gasteiger partial charge in [0.1, 0.15) is 11.5 Å². The van der Waals surface area contributed by atoms with E-state index in [0.717, 1.165) is 36.1 Å². The lowest BCUT2D eigenvalue weighted by Gasteiger charge is -2.07. The molecule has 0 fully saturated rings. The van der Waals surface area contributed by atoms with E-state index >= 15 is 0 Å². The van der Waals surface area contributed by atoms with E-state index in [1.54, 1.807) is 35.1 Å². The average molecular weight is 388 g/mol. The molecule has 2 aromatic heterocycles. The standard InChI is InChI=1S/C22H17FN4O2/c23-17-8-1-2-9-19(17)27-18-10-4-7-16(18)21(26-27)22(28)25-15-6-3-5-14(11-15)20-12-24-13-29-20/h1-3,5-6,8-9,11-13H,4,7,10H2,(H,25,28). The minimum Gasteiger partial charge on any atom is -0.444 e. The Morgan fingerprint density at radius 2 is 2.03 bits per heavy atom. The molecule has 0 atom stereocenters. The highest BCUT2D eigenvalue weighted by atomic mass is 19.1. The van der Waals surface area contributed by atoms with Gasteiger partial charge in [-0.3, -0.25) is 4.79 Å². The molecule has 0 bridgehead atoms. The minimum absolute atomic E-state index is 0.312. The lowest BCUT2D eigenvalue weighted by molar-refractivity contribution is 0.102. The van der Waals surface area contributed by atoms with Gasteiger partial charge in [0.2, 0.25) is 0 Å². The summed E-state index contributed by atoms with van der Waals surface area (Å²) in [6.07, 6.45) is 5.42. The number of oxazole rings is 1. The van der Waals surface area contributed by atoms with Gasteiger partial charge in [-0.1, -0.05) is 24.3 Å². The Labute approximate surface area is 166 Å². The molecule has 144 valence electrons. The van der Waals surface area contributed by atoms with Crippen molar-refractivity contribution in [3.8, 4) is 17.0 Å². The molecule has 0 unspecified atom stereocenters. The summed E-state index contributed by atoms with van der Waals surface area (Å²) < 4.78 is 21.2. The molecular weight excluding hydrogens is 371 g/mol. The number of anilines is 1. The summed E-state index contributed by atoms with van der Waals surface area (Å²) in [5.41, 5.74) is 3.91. The third-order valence-corrected chi connectivity index (χ3v) is 5.06. The Morgan fingerprint density at radius 3 is 2.86 bits per heavy atom. The number of rotatable bonds is 4. The topological polar surface area (TPSA) is 73.0 Å². The number of carbonyl (C=O) groups excluding carboxylic acids is 1. The Kier molecular flexibility index (Phi) is 4.20. The number of fused-ring (bicyclic) bond motifs is 1. The maximum absolute atomic E-state index is 14.3. The van der Waals surface area contributed by atoms with E-state index in [9.17, 15) is 9.18 Å². The predicted molar refractivity (Wildman–Crippen MR) is 105 cm³/mol. The molecule has 0 saturated carbocycles. The summed E-state index contributed by atoms with van der Waals surface area (Å²) >= 11 is 0. The molecule has 1 N–H and O–H groups in total. The number of halogens is 1. The van der Waals surface area contributed by atoms with Gasteiger partial charge in [-0.05, 0) is 43.5 Å². The fraction of sp³-hybridized carbons (Fsp3) is 0.136. The van der Waals surface area contributed by atoms with Gasteiger partial charge in [0.25, 0.3) is 5.91 Å². The van der Waals surface area contributed by atoms with E-state index in [1.807, 2.05) is 18.2 Å². The van der Waals surface area contributed by atoms with Gasteiger partial charge in [0, 0.05) is 22.5 Å². The Morgan fingerprint density at radius 1 is 1.14 bits per heavy atom. The molecule has 2 heterocycles. The molecule has 1 aliphatic carbocycles. The molecule has 2 aromatic carbocycles. The molecule has 29 heavy (non-hydrogen) atoms. The molecule has 4 aromatic rings. The lowest BCUT2D eigenvalue weighted by atomic mass is 10.1. The molecule has 0 spiro atoms. The number of benzene rings is 2. The van der Waals surface area contributed by atoms with Crippen LogP contribution in [-0.4, -0.2) is 20.7 Å². The zero-order valence-electron chi connectivity index (χ0n) is 15.4. The van der Waals surface area contributed by atoms with E-state index in [0.29, 0.717) is 22.8 Å². The SMILES string of the molecule is O=C(Nc1cccc(-c2cnco2)c1)c1nn(-c2ccccc2F)c2c1CCC2. The van der Waals surface area contributed by atoms with Crippen LogP contribution in [0.5, 0.6) is 0 Å². The summed E-state index contributed by atoms with van der Waals surface area (Å²) in [5, 5.41) is 7.37. The average Bonchev–Trinajstić information content (AvgIpc) is 3.47. The van der Waals surface area contributed by atoms with Crippen molar-refractivity contribution in [2.75, 3.05) is 5.32 Å². The zero-order chi connectivity index (χ0) is 19.8. The molecule has 0 radical (unpaired) electrons. The highest BCUT2D eigenvalue weighted by Crippen LogP contribution is 2.29. The third kappa shape index (κ3) is 3.10. The van der Waals surface area contributed by atoms with E-state index < -0.39 is 0 Å². The lowest BCUT2D eigenvalue weighted by Crippen LogP contribution is -2.15. The number of amides is 1. The van der Waals surface area contributed by atoms with Crippen LogP contribution >= 0.6 is 0 Å². The number of hydrogen-bond acceptors (Lipinski definition) is 4. The Bertz CT molecular complexity index is 1200. The summed E-state index contributed by atoms with van der Waals surface area (Å²) in [4.78, 5) is 16.9. The number of aromatic nitrogens is 3. The van der Waals surface area contributed by atoms with Gasteiger partial charge < -0.3 is 9.73 Å². The predicted octanol–water partition coefficient (Wildman–Crippen LogP) is 4.41. The summed E-state index contributed by atoms with van der Waals surface area (Å²) in [7, 11) is 0. The smallest absolute Gasteiger partial charge is 0.276 e. The monoisotopic (exact) mass is 388 g/mol. The number of carbonyl (C=O) groups is 1. The fourth-order valence-corrected chi connectivity index (χ4v) is 3.74. The second-order valence-electron chi connectivity index (χ2n) is 6.89. The summed E-state index contributed by atoms with van der Waals surface area (Å²) in [5.74, 6) is -0.0600. The normalized spacial score (nSPS) is 12.7. The Hall–Kier alpha value is -3.74. The van der Waals surface area contributed by atoms with Crippen LogP contribution in [0.1, 0.15) is 28.2 Å². The van der Waals surface area contributed by atoms with Crippen LogP contribution in [0.4, 0.5) is 10.1 Å². The maximum atomic E-state index is 14.3. The third-order valence-electron chi connectivity index (χ3n) is 5.06. The number of nitrogens with one attached hydrogen (secondary N) is 1. The van der Waals surface area contributed by atoms with E-state index in [2.05, 4.69) is 15.4 Å². The highest BCUT2D eigenvalue weighted by molar-refractivity contribution is 6.04. The first kappa shape index (κ1) is 17.4. The van der Waals surface area contributed by atoms with E-state index in [4.69, 9.17) is 4.42 Å². The van der Waals surface area contributed by atoms with Crippen molar-refractivity contribution < 1.29 is 13.6 Å².